The van der Waals surface area contributed by atoms with Crippen molar-refractivity contribution < 1.29 is 14.2 Å². The van der Waals surface area contributed by atoms with Crippen LogP contribution < -0.4 is 0 Å². The number of ether oxygens (including phenoxy) is 1. The summed E-state index contributed by atoms with van der Waals surface area (Å²) in [6.45, 7) is 2.74. The summed E-state index contributed by atoms with van der Waals surface area (Å²) < 4.78 is 18.6. The second-order valence-electron chi connectivity index (χ2n) is 3.22. The Morgan fingerprint density at radius 2 is 2.25 bits per heavy atom. The Morgan fingerprint density at radius 3 is 2.88 bits per heavy atom. The molecule has 1 N–H and O–H groups in total. The van der Waals surface area contributed by atoms with Crippen LogP contribution in [-0.4, -0.2) is 18.3 Å². The third kappa shape index (κ3) is 4.01. The molecule has 0 bridgehead atoms. The minimum absolute atomic E-state index is 0.0257. The number of aliphatic hydroxyl groups excluding tert-OH is 1. The molecule has 0 radical (unpaired) electrons. The molecule has 0 spiro atoms. The maximum absolute atomic E-state index is 13.5. The van der Waals surface area contributed by atoms with Crippen molar-refractivity contribution in [3.05, 3.63) is 35.1 Å². The first-order valence-electron chi connectivity index (χ1n) is 5.23. The number of rotatable bonds is 4. The van der Waals surface area contributed by atoms with Crippen molar-refractivity contribution in [3.8, 4) is 11.8 Å². The Hall–Kier alpha value is -1.37. The summed E-state index contributed by atoms with van der Waals surface area (Å²) >= 11 is 0. The quantitative estimate of drug-likeness (QED) is 0.790. The van der Waals surface area contributed by atoms with Crippen LogP contribution in [0.15, 0.2) is 18.2 Å². The molecule has 0 amide bonds. The average Bonchev–Trinajstić information content (AvgIpc) is 2.28. The third-order valence-electron chi connectivity index (χ3n) is 1.98. The molecule has 0 aliphatic rings. The van der Waals surface area contributed by atoms with E-state index in [0.29, 0.717) is 24.2 Å². The largest absolute Gasteiger partial charge is 0.395 e. The monoisotopic (exact) mass is 222 g/mol. The summed E-state index contributed by atoms with van der Waals surface area (Å²) in [6.07, 6.45) is 0.405. The van der Waals surface area contributed by atoms with Gasteiger partial charge < -0.3 is 9.84 Å². The van der Waals surface area contributed by atoms with Gasteiger partial charge in [0.2, 0.25) is 0 Å². The maximum Gasteiger partial charge on any atom is 0.129 e. The average molecular weight is 222 g/mol. The van der Waals surface area contributed by atoms with Crippen LogP contribution in [0.2, 0.25) is 0 Å². The van der Waals surface area contributed by atoms with E-state index in [1.807, 2.05) is 6.92 Å². The van der Waals surface area contributed by atoms with Gasteiger partial charge in [0.15, 0.2) is 0 Å². The molecule has 1 aromatic rings. The highest BCUT2D eigenvalue weighted by atomic mass is 19.1. The van der Waals surface area contributed by atoms with E-state index >= 15 is 0 Å². The molecule has 86 valence electrons. The third-order valence-corrected chi connectivity index (χ3v) is 1.98. The Bertz CT molecular complexity index is 391. The first-order valence-corrected chi connectivity index (χ1v) is 5.23. The minimum atomic E-state index is -0.302. The Morgan fingerprint density at radius 1 is 1.44 bits per heavy atom. The predicted molar refractivity (Wildman–Crippen MR) is 60.3 cm³/mol. The van der Waals surface area contributed by atoms with Crippen LogP contribution in [-0.2, 0) is 11.3 Å². The van der Waals surface area contributed by atoms with Crippen molar-refractivity contribution in [1.82, 2.24) is 0 Å². The van der Waals surface area contributed by atoms with Crippen LogP contribution >= 0.6 is 0 Å². The molecular formula is C13H15FO2. The van der Waals surface area contributed by atoms with Crippen molar-refractivity contribution in [1.29, 1.82) is 0 Å². The van der Waals surface area contributed by atoms with Crippen molar-refractivity contribution in [2.45, 2.75) is 20.0 Å². The van der Waals surface area contributed by atoms with Crippen LogP contribution in [0.25, 0.3) is 0 Å². The van der Waals surface area contributed by atoms with Gasteiger partial charge in [0.25, 0.3) is 0 Å². The predicted octanol–water partition coefficient (Wildman–Crippen LogP) is 2.10. The molecule has 1 rings (SSSR count). The van der Waals surface area contributed by atoms with E-state index in [4.69, 9.17) is 9.84 Å². The van der Waals surface area contributed by atoms with Crippen LogP contribution in [0, 0.1) is 17.7 Å². The summed E-state index contributed by atoms with van der Waals surface area (Å²) in [5.41, 5.74) is 1.15. The minimum Gasteiger partial charge on any atom is -0.395 e. The van der Waals surface area contributed by atoms with Gasteiger partial charge in [-0.25, -0.2) is 4.39 Å². The molecule has 16 heavy (non-hydrogen) atoms. The fourth-order valence-electron chi connectivity index (χ4n) is 1.17. The van der Waals surface area contributed by atoms with Crippen LogP contribution in [0.5, 0.6) is 0 Å². The Kier molecular flexibility index (Phi) is 5.55. The molecule has 0 atom stereocenters. The van der Waals surface area contributed by atoms with Crippen molar-refractivity contribution in [2.24, 2.45) is 0 Å². The molecule has 0 heterocycles. The van der Waals surface area contributed by atoms with Crippen molar-refractivity contribution in [3.63, 3.8) is 0 Å². The lowest BCUT2D eigenvalue weighted by Crippen LogP contribution is -1.95. The first-order chi connectivity index (χ1) is 7.77. The van der Waals surface area contributed by atoms with Gasteiger partial charge >= 0.3 is 0 Å². The van der Waals surface area contributed by atoms with E-state index in [-0.39, 0.29) is 19.0 Å². The summed E-state index contributed by atoms with van der Waals surface area (Å²) in [7, 11) is 0. The standard InChI is InChI=1S/C13H15FO2/c1-2-16-10-12-7-6-11(9-13(12)14)5-3-4-8-15/h6-7,9,15H,2,4,8,10H2,1H3. The summed E-state index contributed by atoms with van der Waals surface area (Å²) in [5.74, 6) is 5.22. The molecule has 0 aliphatic heterocycles. The molecule has 2 nitrogen and oxygen atoms in total. The zero-order chi connectivity index (χ0) is 11.8. The van der Waals surface area contributed by atoms with Gasteiger partial charge in [-0.2, -0.15) is 0 Å². The second-order valence-corrected chi connectivity index (χ2v) is 3.22. The lowest BCUT2D eigenvalue weighted by Gasteiger charge is -2.03. The highest BCUT2D eigenvalue weighted by molar-refractivity contribution is 5.36. The van der Waals surface area contributed by atoms with Crippen molar-refractivity contribution >= 4 is 0 Å². The second kappa shape index (κ2) is 7.00. The Balaban J connectivity index is 2.71. The molecule has 3 heteroatoms. The fraction of sp³-hybridized carbons (Fsp3) is 0.385. The lowest BCUT2D eigenvalue weighted by atomic mass is 10.1. The molecule has 0 unspecified atom stereocenters. The zero-order valence-electron chi connectivity index (χ0n) is 9.29. The van der Waals surface area contributed by atoms with Crippen LogP contribution in [0.3, 0.4) is 0 Å². The number of hydrogen-bond acceptors (Lipinski definition) is 2. The van der Waals surface area contributed by atoms with Gasteiger partial charge in [0.05, 0.1) is 13.2 Å². The molecule has 0 aromatic heterocycles. The van der Waals surface area contributed by atoms with E-state index in [1.54, 1.807) is 12.1 Å². The highest BCUT2D eigenvalue weighted by Gasteiger charge is 2.02. The molecule has 0 aliphatic carbocycles. The zero-order valence-corrected chi connectivity index (χ0v) is 9.29. The summed E-state index contributed by atoms with van der Waals surface area (Å²) in [5, 5.41) is 8.55. The van der Waals surface area contributed by atoms with E-state index < -0.39 is 0 Å². The fourth-order valence-corrected chi connectivity index (χ4v) is 1.17. The lowest BCUT2D eigenvalue weighted by molar-refractivity contribution is 0.131. The van der Waals surface area contributed by atoms with Gasteiger partial charge in [-0.05, 0) is 19.1 Å². The van der Waals surface area contributed by atoms with E-state index in [9.17, 15) is 4.39 Å². The summed E-state index contributed by atoms with van der Waals surface area (Å²) in [6, 6.07) is 4.81. The van der Waals surface area contributed by atoms with Gasteiger partial charge in [-0.1, -0.05) is 17.9 Å². The normalized spacial score (nSPS) is 9.69. The van der Waals surface area contributed by atoms with E-state index in [0.717, 1.165) is 0 Å². The number of halogens is 1. The number of hydrogen-bond donors (Lipinski definition) is 1. The van der Waals surface area contributed by atoms with Crippen LogP contribution in [0.1, 0.15) is 24.5 Å². The van der Waals surface area contributed by atoms with Gasteiger partial charge in [0.1, 0.15) is 5.82 Å². The number of benzene rings is 1. The molecule has 1 aromatic carbocycles. The first kappa shape index (κ1) is 12.7. The number of aliphatic hydroxyl groups is 1. The SMILES string of the molecule is CCOCc1ccc(C#CCCO)cc1F. The Labute approximate surface area is 95.1 Å². The van der Waals surface area contributed by atoms with Crippen LogP contribution in [0.4, 0.5) is 4.39 Å². The molecular weight excluding hydrogens is 207 g/mol. The smallest absolute Gasteiger partial charge is 0.129 e. The molecule has 0 saturated heterocycles. The molecule has 0 saturated carbocycles. The van der Waals surface area contributed by atoms with E-state index in [2.05, 4.69) is 11.8 Å². The highest BCUT2D eigenvalue weighted by Crippen LogP contribution is 2.11. The summed E-state index contributed by atoms with van der Waals surface area (Å²) in [4.78, 5) is 0. The van der Waals surface area contributed by atoms with Gasteiger partial charge in [-0.3, -0.25) is 0 Å². The topological polar surface area (TPSA) is 29.5 Å². The molecule has 0 fully saturated rings. The van der Waals surface area contributed by atoms with Crippen molar-refractivity contribution in [2.75, 3.05) is 13.2 Å². The van der Waals surface area contributed by atoms with E-state index in [1.165, 1.54) is 6.07 Å². The van der Waals surface area contributed by atoms with Gasteiger partial charge in [-0.15, -0.1) is 0 Å². The maximum atomic E-state index is 13.5. The van der Waals surface area contributed by atoms with Gasteiger partial charge in [0, 0.05) is 24.2 Å².